The van der Waals surface area contributed by atoms with E-state index in [2.05, 4.69) is 28.8 Å². The van der Waals surface area contributed by atoms with Gasteiger partial charge in [0.25, 0.3) is 0 Å². The number of nitrogens with zero attached hydrogens (tertiary/aromatic N) is 2. The Morgan fingerprint density at radius 2 is 2.33 bits per heavy atom. The largest absolute Gasteiger partial charge is 0.392 e. The van der Waals surface area contributed by atoms with Crippen molar-refractivity contribution in [1.82, 2.24) is 9.97 Å². The van der Waals surface area contributed by atoms with Crippen molar-refractivity contribution in [2.75, 3.05) is 5.32 Å². The minimum atomic E-state index is 0.000885. The number of aliphatic hydroxyl groups is 1. The molecular weight excluding hydrogens is 226 g/mol. The van der Waals surface area contributed by atoms with Crippen molar-refractivity contribution in [2.24, 2.45) is 0 Å². The van der Waals surface area contributed by atoms with Gasteiger partial charge in [-0.2, -0.15) is 0 Å². The van der Waals surface area contributed by atoms with Gasteiger partial charge in [-0.15, -0.1) is 6.58 Å². The quantitative estimate of drug-likeness (QED) is 0.792. The molecule has 0 fully saturated rings. The number of hydrogen-bond acceptors (Lipinski definition) is 4. The average Bonchev–Trinajstić information content (AvgIpc) is 2.38. The standard InChI is InChI=1S/C14H17N3O/c1-3-4-10(2)17-14-13-12(5-6-15-14)7-11(9-18)8-16-13/h3,5-8,10,18H,1,4,9H2,2H3,(H,15,17). The molecule has 4 heteroatoms. The molecule has 2 heterocycles. The lowest BCUT2D eigenvalue weighted by Crippen LogP contribution is -2.15. The molecule has 2 N–H and O–H groups in total. The normalized spacial score (nSPS) is 12.3. The number of nitrogens with one attached hydrogen (secondary N) is 1. The molecule has 0 aromatic carbocycles. The maximum atomic E-state index is 9.10. The van der Waals surface area contributed by atoms with Gasteiger partial charge in [-0.3, -0.25) is 4.98 Å². The third kappa shape index (κ3) is 2.65. The molecule has 0 aliphatic rings. The maximum Gasteiger partial charge on any atom is 0.152 e. The predicted molar refractivity (Wildman–Crippen MR) is 73.4 cm³/mol. The second-order valence-corrected chi connectivity index (χ2v) is 4.30. The Kier molecular flexibility index (Phi) is 3.89. The van der Waals surface area contributed by atoms with Crippen molar-refractivity contribution in [2.45, 2.75) is 26.0 Å². The summed E-state index contributed by atoms with van der Waals surface area (Å²) in [5.74, 6) is 0.770. The van der Waals surface area contributed by atoms with Gasteiger partial charge >= 0.3 is 0 Å². The number of fused-ring (bicyclic) bond motifs is 1. The fourth-order valence-corrected chi connectivity index (χ4v) is 1.84. The Labute approximate surface area is 106 Å². The second kappa shape index (κ2) is 5.60. The van der Waals surface area contributed by atoms with Gasteiger partial charge in [0.2, 0.25) is 0 Å². The highest BCUT2D eigenvalue weighted by Gasteiger charge is 2.07. The molecule has 0 saturated heterocycles. The molecule has 0 saturated carbocycles. The van der Waals surface area contributed by atoms with E-state index in [-0.39, 0.29) is 12.6 Å². The molecule has 4 nitrogen and oxygen atoms in total. The SMILES string of the molecule is C=CCC(C)Nc1nccc2cc(CO)cnc12. The van der Waals surface area contributed by atoms with Crippen LogP contribution in [0.4, 0.5) is 5.82 Å². The van der Waals surface area contributed by atoms with Crippen molar-refractivity contribution in [3.8, 4) is 0 Å². The van der Waals surface area contributed by atoms with Crippen LogP contribution in [0.3, 0.4) is 0 Å². The predicted octanol–water partition coefficient (Wildman–Crippen LogP) is 2.50. The molecule has 0 spiro atoms. The van der Waals surface area contributed by atoms with Gasteiger partial charge in [0.05, 0.1) is 6.61 Å². The van der Waals surface area contributed by atoms with E-state index in [1.807, 2.05) is 18.2 Å². The minimum absolute atomic E-state index is 0.000885. The Hall–Kier alpha value is -1.94. The van der Waals surface area contributed by atoms with Crippen LogP contribution in [0.1, 0.15) is 18.9 Å². The first-order valence-corrected chi connectivity index (χ1v) is 5.96. The monoisotopic (exact) mass is 243 g/mol. The summed E-state index contributed by atoms with van der Waals surface area (Å²) in [6.07, 6.45) is 6.16. The van der Waals surface area contributed by atoms with E-state index in [0.717, 1.165) is 28.7 Å². The number of pyridine rings is 2. The first-order chi connectivity index (χ1) is 8.74. The van der Waals surface area contributed by atoms with Gasteiger partial charge in [0.15, 0.2) is 5.82 Å². The van der Waals surface area contributed by atoms with Crippen molar-refractivity contribution < 1.29 is 5.11 Å². The average molecular weight is 243 g/mol. The summed E-state index contributed by atoms with van der Waals surface area (Å²) in [5.41, 5.74) is 1.63. The summed E-state index contributed by atoms with van der Waals surface area (Å²) >= 11 is 0. The first kappa shape index (κ1) is 12.5. The summed E-state index contributed by atoms with van der Waals surface area (Å²) in [7, 11) is 0. The maximum absolute atomic E-state index is 9.10. The molecular formula is C14H17N3O. The lowest BCUT2D eigenvalue weighted by atomic mass is 10.2. The Morgan fingerprint density at radius 3 is 3.06 bits per heavy atom. The summed E-state index contributed by atoms with van der Waals surface area (Å²) < 4.78 is 0. The van der Waals surface area contributed by atoms with Gasteiger partial charge < -0.3 is 10.4 Å². The van der Waals surface area contributed by atoms with E-state index in [4.69, 9.17) is 5.11 Å². The van der Waals surface area contributed by atoms with E-state index in [0.29, 0.717) is 0 Å². The summed E-state index contributed by atoms with van der Waals surface area (Å²) in [6, 6.07) is 4.08. The van der Waals surface area contributed by atoms with Crippen LogP contribution in [-0.2, 0) is 6.61 Å². The van der Waals surface area contributed by atoms with Crippen LogP contribution in [0, 0.1) is 0 Å². The number of hydrogen-bond donors (Lipinski definition) is 2. The molecule has 0 bridgehead atoms. The minimum Gasteiger partial charge on any atom is -0.392 e. The van der Waals surface area contributed by atoms with Crippen LogP contribution in [0.15, 0.2) is 37.2 Å². The molecule has 2 rings (SSSR count). The van der Waals surface area contributed by atoms with Crippen LogP contribution >= 0.6 is 0 Å². The molecule has 0 radical (unpaired) electrons. The van der Waals surface area contributed by atoms with Crippen LogP contribution in [0.2, 0.25) is 0 Å². The highest BCUT2D eigenvalue weighted by Crippen LogP contribution is 2.20. The lowest BCUT2D eigenvalue weighted by Gasteiger charge is -2.13. The molecule has 1 unspecified atom stereocenters. The van der Waals surface area contributed by atoms with Crippen molar-refractivity contribution in [1.29, 1.82) is 0 Å². The zero-order valence-electron chi connectivity index (χ0n) is 10.4. The fourth-order valence-electron chi connectivity index (χ4n) is 1.84. The van der Waals surface area contributed by atoms with Crippen molar-refractivity contribution >= 4 is 16.7 Å². The molecule has 0 aliphatic heterocycles. The van der Waals surface area contributed by atoms with E-state index in [1.165, 1.54) is 0 Å². The zero-order chi connectivity index (χ0) is 13.0. The lowest BCUT2D eigenvalue weighted by molar-refractivity contribution is 0.281. The van der Waals surface area contributed by atoms with Crippen LogP contribution < -0.4 is 5.32 Å². The Bertz CT molecular complexity index is 554. The molecule has 94 valence electrons. The van der Waals surface area contributed by atoms with Crippen LogP contribution in [0.25, 0.3) is 10.9 Å². The van der Waals surface area contributed by atoms with Gasteiger partial charge in [-0.1, -0.05) is 6.08 Å². The molecule has 18 heavy (non-hydrogen) atoms. The van der Waals surface area contributed by atoms with Crippen molar-refractivity contribution in [3.05, 3.63) is 42.7 Å². The van der Waals surface area contributed by atoms with E-state index in [9.17, 15) is 0 Å². The number of aromatic nitrogens is 2. The smallest absolute Gasteiger partial charge is 0.152 e. The number of rotatable bonds is 5. The third-order valence-electron chi connectivity index (χ3n) is 2.74. The van der Waals surface area contributed by atoms with Crippen LogP contribution in [-0.4, -0.2) is 21.1 Å². The van der Waals surface area contributed by atoms with Crippen molar-refractivity contribution in [3.63, 3.8) is 0 Å². The molecule has 2 aromatic heterocycles. The molecule has 0 amide bonds. The zero-order valence-corrected chi connectivity index (χ0v) is 10.4. The number of aliphatic hydroxyl groups excluding tert-OH is 1. The summed E-state index contributed by atoms with van der Waals surface area (Å²) in [5, 5.41) is 13.4. The van der Waals surface area contributed by atoms with E-state index >= 15 is 0 Å². The van der Waals surface area contributed by atoms with Crippen LogP contribution in [0.5, 0.6) is 0 Å². The summed E-state index contributed by atoms with van der Waals surface area (Å²) in [4.78, 5) is 8.67. The second-order valence-electron chi connectivity index (χ2n) is 4.30. The molecule has 0 aliphatic carbocycles. The van der Waals surface area contributed by atoms with E-state index in [1.54, 1.807) is 12.4 Å². The Morgan fingerprint density at radius 1 is 1.50 bits per heavy atom. The summed E-state index contributed by atoms with van der Waals surface area (Å²) in [6.45, 7) is 5.80. The fraction of sp³-hybridized carbons (Fsp3) is 0.286. The van der Waals surface area contributed by atoms with Gasteiger partial charge in [0, 0.05) is 23.8 Å². The third-order valence-corrected chi connectivity index (χ3v) is 2.74. The first-order valence-electron chi connectivity index (χ1n) is 5.96. The Balaban J connectivity index is 2.36. The van der Waals surface area contributed by atoms with Gasteiger partial charge in [-0.25, -0.2) is 4.98 Å². The van der Waals surface area contributed by atoms with Gasteiger partial charge in [-0.05, 0) is 31.0 Å². The number of anilines is 1. The van der Waals surface area contributed by atoms with E-state index < -0.39 is 0 Å². The van der Waals surface area contributed by atoms with Gasteiger partial charge in [0.1, 0.15) is 5.52 Å². The molecule has 2 aromatic rings. The molecule has 1 atom stereocenters. The highest BCUT2D eigenvalue weighted by atomic mass is 16.3. The highest BCUT2D eigenvalue weighted by molar-refractivity contribution is 5.88. The topological polar surface area (TPSA) is 58.0 Å².